The van der Waals surface area contributed by atoms with Crippen molar-refractivity contribution in [2.24, 2.45) is 116 Å². The van der Waals surface area contributed by atoms with Crippen molar-refractivity contribution in [3.8, 4) is 0 Å². The standard InChI is InChI=1S/C54H94O/c1-34(2)14-11-16-36(5)43-24-26-45-41-22-20-38-18-13-19-49(53(38,9)47(41)28-30-51(43,45)7)50-33-40(55)32-39-21-23-42-46-27-25-44(37(6)17-12-15-35(3)4)52(46,8)31-29-48(42)54(39,50)10/h34-50,55H,11-33H2,1-10H3/t36-,37?,38+,39?,40?,41-,42?,43-,44?,45-,46?,47-,48?,49?,50?,51+,52?,53-,54?/m0/s1. The van der Waals surface area contributed by atoms with Crippen molar-refractivity contribution in [3.63, 3.8) is 0 Å². The van der Waals surface area contributed by atoms with Crippen LogP contribution < -0.4 is 0 Å². The molecule has 8 saturated carbocycles. The molecule has 1 heteroatoms. The van der Waals surface area contributed by atoms with Crippen LogP contribution in [0.25, 0.3) is 0 Å². The van der Waals surface area contributed by atoms with Gasteiger partial charge in [-0.05, 0) is 219 Å². The molecule has 0 aromatic carbocycles. The molecule has 0 aliphatic heterocycles. The Labute approximate surface area is 343 Å². The largest absolute Gasteiger partial charge is 0.393 e. The molecule has 1 nitrogen and oxygen atoms in total. The summed E-state index contributed by atoms with van der Waals surface area (Å²) in [5.74, 6) is 14.4. The van der Waals surface area contributed by atoms with E-state index in [1.807, 2.05) is 0 Å². The molecule has 11 unspecified atom stereocenters. The minimum atomic E-state index is -0.0539. The van der Waals surface area contributed by atoms with Gasteiger partial charge in [0.15, 0.2) is 0 Å². The van der Waals surface area contributed by atoms with Crippen LogP contribution >= 0.6 is 0 Å². The second kappa shape index (κ2) is 15.8. The maximum absolute atomic E-state index is 11.9. The van der Waals surface area contributed by atoms with Crippen LogP contribution in [0, 0.1) is 116 Å². The fraction of sp³-hybridized carbons (Fsp3) is 1.00. The van der Waals surface area contributed by atoms with Gasteiger partial charge in [-0.15, -0.1) is 0 Å². The van der Waals surface area contributed by atoms with E-state index in [0.29, 0.717) is 21.7 Å². The van der Waals surface area contributed by atoms with Gasteiger partial charge in [0.2, 0.25) is 0 Å². The second-order valence-corrected chi connectivity index (χ2v) is 25.4. The fourth-order valence-electron chi connectivity index (χ4n) is 20.1. The molecule has 0 aromatic rings. The van der Waals surface area contributed by atoms with Crippen LogP contribution in [-0.4, -0.2) is 11.2 Å². The highest BCUT2D eigenvalue weighted by Crippen LogP contribution is 2.75. The van der Waals surface area contributed by atoms with Crippen LogP contribution in [0.3, 0.4) is 0 Å². The third kappa shape index (κ3) is 6.84. The lowest BCUT2D eigenvalue weighted by molar-refractivity contribution is -0.213. The summed E-state index contributed by atoms with van der Waals surface area (Å²) in [5, 5.41) is 11.9. The predicted octanol–water partition coefficient (Wildman–Crippen LogP) is 15.4. The van der Waals surface area contributed by atoms with Crippen molar-refractivity contribution < 1.29 is 5.11 Å². The highest BCUT2D eigenvalue weighted by Gasteiger charge is 2.68. The molecule has 8 aliphatic rings. The van der Waals surface area contributed by atoms with Gasteiger partial charge < -0.3 is 5.11 Å². The minimum absolute atomic E-state index is 0.0539. The van der Waals surface area contributed by atoms with E-state index in [1.165, 1.54) is 128 Å². The molecule has 19 atom stereocenters. The van der Waals surface area contributed by atoms with E-state index < -0.39 is 0 Å². The molecular weight excluding hydrogens is 665 g/mol. The summed E-state index contributed by atoms with van der Waals surface area (Å²) in [7, 11) is 0. The van der Waals surface area contributed by atoms with Crippen molar-refractivity contribution in [1.82, 2.24) is 0 Å². The van der Waals surface area contributed by atoms with E-state index in [-0.39, 0.29) is 6.10 Å². The van der Waals surface area contributed by atoms with E-state index in [0.717, 1.165) is 108 Å². The third-order valence-corrected chi connectivity index (χ3v) is 22.6. The quantitative estimate of drug-likeness (QED) is 0.222. The maximum Gasteiger partial charge on any atom is 0.0546 e. The first-order valence-corrected chi connectivity index (χ1v) is 25.8. The Kier molecular flexibility index (Phi) is 12.0. The zero-order valence-electron chi connectivity index (χ0n) is 38.5. The molecule has 0 heterocycles. The summed E-state index contributed by atoms with van der Waals surface area (Å²) >= 11 is 0. The Morgan fingerprint density at radius 2 is 0.945 bits per heavy atom. The number of fused-ring (bicyclic) bond motifs is 10. The summed E-state index contributed by atoms with van der Waals surface area (Å²) in [6.45, 7) is 26.5. The highest BCUT2D eigenvalue weighted by atomic mass is 16.3. The minimum Gasteiger partial charge on any atom is -0.393 e. The summed E-state index contributed by atoms with van der Waals surface area (Å²) in [6.07, 6.45) is 33.4. The SMILES string of the molecule is CC(C)CCCC(C)C1CCC2C3CCC4CC(O)CC(C5CCC[C@@H]6CC[C@H]7[C@@H]8CC[C@@H]([C@@H](C)CCCC(C)C)[C@@]8(C)CC[C@@H]7[C@@]56C)C4(C)C3CCC12C. The predicted molar refractivity (Wildman–Crippen MR) is 235 cm³/mol. The highest BCUT2D eigenvalue weighted by molar-refractivity contribution is 5.16. The number of hydrogen-bond donors (Lipinski definition) is 1. The molecule has 8 fully saturated rings. The number of hydrogen-bond acceptors (Lipinski definition) is 1. The number of aliphatic hydroxyl groups excluding tert-OH is 1. The molecule has 0 spiro atoms. The summed E-state index contributed by atoms with van der Waals surface area (Å²) in [6, 6.07) is 0. The van der Waals surface area contributed by atoms with E-state index in [9.17, 15) is 5.11 Å². The Bertz CT molecular complexity index is 1300. The smallest absolute Gasteiger partial charge is 0.0546 e. The van der Waals surface area contributed by atoms with Crippen molar-refractivity contribution in [2.75, 3.05) is 0 Å². The number of rotatable bonds is 11. The molecule has 1 N–H and O–H groups in total. The van der Waals surface area contributed by atoms with Gasteiger partial charge >= 0.3 is 0 Å². The fourth-order valence-corrected chi connectivity index (χ4v) is 20.1. The topological polar surface area (TPSA) is 20.2 Å². The van der Waals surface area contributed by atoms with Crippen LogP contribution in [0.2, 0.25) is 0 Å². The molecular formula is C54H94O. The summed E-state index contributed by atoms with van der Waals surface area (Å²) in [5.41, 5.74) is 2.07. The van der Waals surface area contributed by atoms with Gasteiger partial charge in [0.1, 0.15) is 0 Å². The zero-order chi connectivity index (χ0) is 39.1. The lowest BCUT2D eigenvalue weighted by atomic mass is 9.36. The van der Waals surface area contributed by atoms with Crippen LogP contribution in [-0.2, 0) is 0 Å². The van der Waals surface area contributed by atoms with Gasteiger partial charge in [-0.3, -0.25) is 0 Å². The normalized spacial score (nSPS) is 51.8. The van der Waals surface area contributed by atoms with Gasteiger partial charge in [0.05, 0.1) is 6.10 Å². The monoisotopic (exact) mass is 759 g/mol. The third-order valence-electron chi connectivity index (χ3n) is 22.6. The molecule has 0 amide bonds. The van der Waals surface area contributed by atoms with Gasteiger partial charge in [-0.2, -0.15) is 0 Å². The average molecular weight is 759 g/mol. The van der Waals surface area contributed by atoms with Crippen molar-refractivity contribution in [3.05, 3.63) is 0 Å². The summed E-state index contributed by atoms with van der Waals surface area (Å²) in [4.78, 5) is 0. The molecule has 316 valence electrons. The van der Waals surface area contributed by atoms with Crippen LogP contribution in [0.1, 0.15) is 217 Å². The molecule has 8 aliphatic carbocycles. The second-order valence-electron chi connectivity index (χ2n) is 25.4. The van der Waals surface area contributed by atoms with E-state index in [1.54, 1.807) is 6.42 Å². The lowest BCUT2D eigenvalue weighted by Crippen LogP contribution is -2.63. The summed E-state index contributed by atoms with van der Waals surface area (Å²) < 4.78 is 0. The zero-order valence-corrected chi connectivity index (χ0v) is 38.5. The van der Waals surface area contributed by atoms with E-state index in [4.69, 9.17) is 0 Å². The van der Waals surface area contributed by atoms with Gasteiger partial charge in [-0.25, -0.2) is 0 Å². The Hall–Kier alpha value is -0.0400. The Morgan fingerprint density at radius 3 is 1.45 bits per heavy atom. The van der Waals surface area contributed by atoms with Gasteiger partial charge in [-0.1, -0.05) is 114 Å². The first-order valence-electron chi connectivity index (χ1n) is 25.8. The maximum atomic E-state index is 11.9. The van der Waals surface area contributed by atoms with Gasteiger partial charge in [0, 0.05) is 0 Å². The van der Waals surface area contributed by atoms with Crippen LogP contribution in [0.4, 0.5) is 0 Å². The van der Waals surface area contributed by atoms with Crippen LogP contribution in [0.5, 0.6) is 0 Å². The number of aliphatic hydroxyl groups is 1. The van der Waals surface area contributed by atoms with E-state index in [2.05, 4.69) is 69.2 Å². The first-order chi connectivity index (χ1) is 26.1. The molecule has 0 saturated heterocycles. The van der Waals surface area contributed by atoms with Crippen molar-refractivity contribution >= 4 is 0 Å². The van der Waals surface area contributed by atoms with Crippen molar-refractivity contribution in [1.29, 1.82) is 0 Å². The average Bonchev–Trinajstić information content (AvgIpc) is 3.68. The van der Waals surface area contributed by atoms with E-state index >= 15 is 0 Å². The first kappa shape index (κ1) is 41.7. The molecule has 8 rings (SSSR count). The molecule has 0 radical (unpaired) electrons. The Morgan fingerprint density at radius 1 is 0.455 bits per heavy atom. The lowest BCUT2D eigenvalue weighted by Gasteiger charge is -2.69. The molecule has 0 bridgehead atoms. The van der Waals surface area contributed by atoms with Gasteiger partial charge in [0.25, 0.3) is 0 Å². The van der Waals surface area contributed by atoms with Crippen LogP contribution in [0.15, 0.2) is 0 Å². The Balaban J connectivity index is 1.05. The van der Waals surface area contributed by atoms with Crippen molar-refractivity contribution in [2.45, 2.75) is 223 Å². The molecule has 55 heavy (non-hydrogen) atoms. The molecule has 0 aromatic heterocycles.